The molecule has 454 valence electrons. The van der Waals surface area contributed by atoms with E-state index in [-0.39, 0.29) is 60.1 Å². The number of hydrogen-bond acceptors (Lipinski definition) is 15. The maximum atomic E-state index is 13.7. The molecule has 20 nitrogen and oxygen atoms in total. The molecular weight excluding hydrogens is 1060 g/mol. The van der Waals surface area contributed by atoms with Crippen molar-refractivity contribution in [2.75, 3.05) is 111 Å². The molecule has 0 spiro atoms. The minimum Gasteiger partial charge on any atom is -0.444 e. The number of nitrogens with one attached hydrogen (secondary N) is 5. The van der Waals surface area contributed by atoms with Crippen molar-refractivity contribution in [3.63, 3.8) is 0 Å². The molecule has 2 aromatic carbocycles. The number of hydrogen-bond donors (Lipinski definition) is 5. The number of thioether (sulfide) groups is 1. The summed E-state index contributed by atoms with van der Waals surface area (Å²) in [6.45, 7) is 18.4. The molecule has 6 amide bonds. The predicted octanol–water partition coefficient (Wildman–Crippen LogP) is 7.29. The SMILES string of the molecule is CC(C)(C)OC(=O)NC1CCC(N(C(=O)OC(C)(C)C)[C@@H]2C[C@H]2c2ccc(-c3cccc(CCC(=O)NCCOCCOCCOCCOCCOCCOCCOCCNC(=O)CCCC[C@@H]4SC[C@@H]5NC(=O)N[C@@H]54)c3)cc2)CC1. The van der Waals surface area contributed by atoms with E-state index in [9.17, 15) is 24.0 Å². The lowest BCUT2D eigenvalue weighted by Crippen LogP contribution is -2.49. The normalized spacial score (nSPS) is 21.4. The molecule has 2 saturated carbocycles. The van der Waals surface area contributed by atoms with Crippen molar-refractivity contribution in [3.05, 3.63) is 59.7 Å². The summed E-state index contributed by atoms with van der Waals surface area (Å²) in [7, 11) is 0. The first kappa shape index (κ1) is 65.4. The van der Waals surface area contributed by atoms with Crippen LogP contribution in [0.25, 0.3) is 11.1 Å². The van der Waals surface area contributed by atoms with Gasteiger partial charge in [0.15, 0.2) is 0 Å². The standard InChI is InChI=1S/C60H94N6O14S/c1-59(2,3)79-57(70)63-47-19-21-48(22-20-47)66(58(71)80-60(4,5)6)51-41-49(51)45-17-15-44(16-18-45)46-11-9-10-43(40-46)14-23-54(68)62-25-27-73-29-31-75-33-35-77-37-39-78-38-36-76-34-32-74-30-28-72-26-24-61-53(67)13-8-7-12-52-55-50(42-81-52)64-56(69)65-55/h9-11,15-18,40,47-52,55H,7-8,12-14,19-39,41-42H2,1-6H3,(H,61,67)(H,62,68)(H,63,70)(H2,64,65,69)/t47?,48?,49-,50-,51+,52-,55-/m0/s1. The lowest BCUT2D eigenvalue weighted by Gasteiger charge is -2.38. The lowest BCUT2D eigenvalue weighted by atomic mass is 9.90. The Bertz CT molecular complexity index is 2210. The van der Waals surface area contributed by atoms with Gasteiger partial charge in [0, 0.05) is 61.0 Å². The van der Waals surface area contributed by atoms with Gasteiger partial charge in [0.25, 0.3) is 0 Å². The van der Waals surface area contributed by atoms with E-state index in [0.29, 0.717) is 130 Å². The zero-order chi connectivity index (χ0) is 57.9. The third-order valence-corrected chi connectivity index (χ3v) is 15.7. The molecule has 0 aromatic heterocycles. The number of carbonyl (C=O) groups excluding carboxylic acids is 5. The quantitative estimate of drug-likeness (QED) is 0.0330. The Hall–Kier alpha value is -4.74. The number of rotatable bonds is 37. The second-order valence-corrected chi connectivity index (χ2v) is 24.4. The molecule has 4 fully saturated rings. The number of benzene rings is 2. The van der Waals surface area contributed by atoms with Gasteiger partial charge in [-0.25, -0.2) is 14.4 Å². The van der Waals surface area contributed by atoms with E-state index in [0.717, 1.165) is 73.8 Å². The summed E-state index contributed by atoms with van der Waals surface area (Å²) >= 11 is 1.90. The lowest BCUT2D eigenvalue weighted by molar-refractivity contribution is -0.122. The Morgan fingerprint density at radius 3 is 1.73 bits per heavy atom. The van der Waals surface area contributed by atoms with Crippen molar-refractivity contribution in [1.82, 2.24) is 31.5 Å². The summed E-state index contributed by atoms with van der Waals surface area (Å²) in [5, 5.41) is 15.2. The number of carbonyl (C=O) groups is 5. The fraction of sp³-hybridized carbons (Fsp3) is 0.717. The van der Waals surface area contributed by atoms with Gasteiger partial charge in [-0.15, -0.1) is 0 Å². The average Bonchev–Trinajstić information content (AvgIpc) is 3.87. The van der Waals surface area contributed by atoms with Gasteiger partial charge in [-0.1, -0.05) is 55.0 Å². The van der Waals surface area contributed by atoms with Crippen LogP contribution in [-0.2, 0) is 58.6 Å². The van der Waals surface area contributed by atoms with Gasteiger partial charge in [-0.2, -0.15) is 11.8 Å². The van der Waals surface area contributed by atoms with Crippen molar-refractivity contribution < 1.29 is 66.6 Å². The molecule has 21 heteroatoms. The maximum absolute atomic E-state index is 13.7. The molecule has 2 heterocycles. The highest BCUT2D eigenvalue weighted by Crippen LogP contribution is 2.48. The number of ether oxygens (including phenoxy) is 9. The minimum atomic E-state index is -0.611. The highest BCUT2D eigenvalue weighted by molar-refractivity contribution is 8.00. The monoisotopic (exact) mass is 1150 g/mol. The van der Waals surface area contributed by atoms with Crippen LogP contribution in [0.1, 0.15) is 123 Å². The van der Waals surface area contributed by atoms with E-state index in [1.165, 1.54) is 5.56 Å². The van der Waals surface area contributed by atoms with Crippen molar-refractivity contribution in [1.29, 1.82) is 0 Å². The van der Waals surface area contributed by atoms with Gasteiger partial charge in [-0.3, -0.25) is 9.59 Å². The third kappa shape index (κ3) is 25.3. The van der Waals surface area contributed by atoms with Gasteiger partial charge in [0.05, 0.1) is 105 Å². The molecule has 6 rings (SSSR count). The number of aryl methyl sites for hydroxylation is 1. The zero-order valence-corrected chi connectivity index (χ0v) is 49.8. The Labute approximate surface area is 484 Å². The van der Waals surface area contributed by atoms with Crippen molar-refractivity contribution in [2.45, 2.75) is 165 Å². The molecule has 0 radical (unpaired) electrons. The molecule has 5 N–H and O–H groups in total. The second-order valence-electron chi connectivity index (χ2n) is 23.1. The van der Waals surface area contributed by atoms with Crippen molar-refractivity contribution in [2.24, 2.45) is 0 Å². The zero-order valence-electron chi connectivity index (χ0n) is 49.0. The van der Waals surface area contributed by atoms with Crippen LogP contribution in [0.15, 0.2) is 48.5 Å². The van der Waals surface area contributed by atoms with Gasteiger partial charge >= 0.3 is 18.2 Å². The molecule has 2 aliphatic carbocycles. The summed E-state index contributed by atoms with van der Waals surface area (Å²) < 4.78 is 50.3. The van der Waals surface area contributed by atoms with Crippen LogP contribution < -0.4 is 26.6 Å². The smallest absolute Gasteiger partial charge is 0.410 e. The topological polar surface area (TPSA) is 232 Å². The van der Waals surface area contributed by atoms with Crippen LogP contribution in [0.3, 0.4) is 0 Å². The number of nitrogens with zero attached hydrogens (tertiary/aromatic N) is 1. The van der Waals surface area contributed by atoms with Crippen molar-refractivity contribution in [3.8, 4) is 11.1 Å². The van der Waals surface area contributed by atoms with Crippen LogP contribution in [-0.4, -0.2) is 193 Å². The number of unbranched alkanes of at least 4 members (excludes halogenated alkanes) is 1. The van der Waals surface area contributed by atoms with Crippen LogP contribution in [0.4, 0.5) is 14.4 Å². The van der Waals surface area contributed by atoms with Gasteiger partial charge in [0.1, 0.15) is 11.2 Å². The summed E-state index contributed by atoms with van der Waals surface area (Å²) in [5.74, 6) is 1.17. The van der Waals surface area contributed by atoms with E-state index in [1.807, 2.05) is 70.3 Å². The third-order valence-electron chi connectivity index (χ3n) is 14.2. The van der Waals surface area contributed by atoms with E-state index < -0.39 is 17.3 Å². The molecule has 4 aliphatic rings. The molecule has 2 aliphatic heterocycles. The van der Waals surface area contributed by atoms with Crippen LogP contribution in [0, 0.1) is 0 Å². The summed E-state index contributed by atoms with van der Waals surface area (Å²) in [6, 6.07) is 17.4. The van der Waals surface area contributed by atoms with Crippen LogP contribution in [0.2, 0.25) is 0 Å². The van der Waals surface area contributed by atoms with Crippen LogP contribution >= 0.6 is 11.8 Å². The van der Waals surface area contributed by atoms with Crippen LogP contribution in [0.5, 0.6) is 0 Å². The maximum Gasteiger partial charge on any atom is 0.410 e. The molecule has 81 heavy (non-hydrogen) atoms. The molecule has 0 unspecified atom stereocenters. The average molecular weight is 1160 g/mol. The summed E-state index contributed by atoms with van der Waals surface area (Å²) in [6.07, 6.45) is 7.56. The van der Waals surface area contributed by atoms with Gasteiger partial charge < -0.3 is 74.1 Å². The largest absolute Gasteiger partial charge is 0.444 e. The molecule has 2 aromatic rings. The molecule has 0 bridgehead atoms. The first-order valence-corrected chi connectivity index (χ1v) is 30.5. The fourth-order valence-electron chi connectivity index (χ4n) is 10.2. The van der Waals surface area contributed by atoms with Crippen molar-refractivity contribution >= 4 is 41.8 Å². The highest BCUT2D eigenvalue weighted by Gasteiger charge is 2.49. The van der Waals surface area contributed by atoms with E-state index in [2.05, 4.69) is 63.0 Å². The summed E-state index contributed by atoms with van der Waals surface area (Å²) in [5.41, 5.74) is 3.28. The Balaban J connectivity index is 0.695. The predicted molar refractivity (Wildman–Crippen MR) is 311 cm³/mol. The van der Waals surface area contributed by atoms with Gasteiger partial charge in [0.2, 0.25) is 11.8 Å². The Morgan fingerprint density at radius 1 is 0.630 bits per heavy atom. The number of fused-ring (bicyclic) bond motifs is 1. The first-order valence-electron chi connectivity index (χ1n) is 29.5. The molecule has 2 saturated heterocycles. The Kier molecular flexibility index (Phi) is 28.1. The number of urea groups is 1. The number of amides is 6. The number of alkyl carbamates (subject to hydrolysis) is 1. The van der Waals surface area contributed by atoms with Gasteiger partial charge in [-0.05, 0) is 115 Å². The fourth-order valence-corrected chi connectivity index (χ4v) is 11.7. The van der Waals surface area contributed by atoms with E-state index in [4.69, 9.17) is 42.6 Å². The Morgan fingerprint density at radius 2 is 1.17 bits per heavy atom. The van der Waals surface area contributed by atoms with E-state index >= 15 is 0 Å². The minimum absolute atomic E-state index is 0.0100. The van der Waals surface area contributed by atoms with E-state index in [1.54, 1.807) is 0 Å². The first-order chi connectivity index (χ1) is 39.0. The second kappa shape index (κ2) is 34.8. The molecular formula is C60H94N6O14S. The highest BCUT2D eigenvalue weighted by atomic mass is 32.2. The molecule has 5 atom stereocenters. The summed E-state index contributed by atoms with van der Waals surface area (Å²) in [4.78, 5) is 64.4.